The van der Waals surface area contributed by atoms with Gasteiger partial charge >= 0.3 is 0 Å². The third kappa shape index (κ3) is 1.82. The largest absolute Gasteiger partial charge is 0.314 e. The van der Waals surface area contributed by atoms with Gasteiger partial charge in [-0.05, 0) is 44.1 Å². The Bertz CT molecular complexity index is 138. The number of piperidine rings is 1. The van der Waals surface area contributed by atoms with E-state index in [1.165, 1.54) is 45.1 Å². The van der Waals surface area contributed by atoms with E-state index in [1.54, 1.807) is 0 Å². The van der Waals surface area contributed by atoms with E-state index in [1.807, 2.05) is 0 Å². The van der Waals surface area contributed by atoms with Crippen LogP contribution in [-0.2, 0) is 0 Å². The van der Waals surface area contributed by atoms with Crippen molar-refractivity contribution in [2.24, 2.45) is 11.8 Å². The maximum atomic E-state index is 3.69. The van der Waals surface area contributed by atoms with Crippen molar-refractivity contribution in [3.05, 3.63) is 0 Å². The van der Waals surface area contributed by atoms with Crippen molar-refractivity contribution < 1.29 is 0 Å². The van der Waals surface area contributed by atoms with E-state index in [0.29, 0.717) is 0 Å². The fraction of sp³-hybridized carbons (Fsp3) is 1.00. The molecule has 2 atom stereocenters. The Labute approximate surface area is 75.9 Å². The normalized spacial score (nSPS) is 38.8. The first-order chi connectivity index (χ1) is 5.86. The van der Waals surface area contributed by atoms with Gasteiger partial charge in [-0.3, -0.25) is 0 Å². The molecule has 12 heavy (non-hydrogen) atoms. The van der Waals surface area contributed by atoms with Crippen LogP contribution >= 0.6 is 0 Å². The van der Waals surface area contributed by atoms with Gasteiger partial charge in [0.05, 0.1) is 0 Å². The highest BCUT2D eigenvalue weighted by Crippen LogP contribution is 2.32. The molecule has 1 saturated carbocycles. The molecule has 0 amide bonds. The van der Waals surface area contributed by atoms with Gasteiger partial charge in [0.25, 0.3) is 0 Å². The van der Waals surface area contributed by atoms with E-state index in [-0.39, 0.29) is 0 Å². The van der Waals surface area contributed by atoms with Crippen molar-refractivity contribution in [3.63, 3.8) is 0 Å². The summed E-state index contributed by atoms with van der Waals surface area (Å²) in [5, 5.41) is 3.69. The minimum absolute atomic E-state index is 0.872. The van der Waals surface area contributed by atoms with E-state index in [9.17, 15) is 0 Å². The second-order valence-corrected chi connectivity index (χ2v) is 4.73. The highest BCUT2D eigenvalue weighted by Gasteiger charge is 2.27. The van der Waals surface area contributed by atoms with Gasteiger partial charge in [0.1, 0.15) is 0 Å². The Kier molecular flexibility index (Phi) is 2.69. The zero-order valence-corrected chi connectivity index (χ0v) is 8.18. The first-order valence-corrected chi connectivity index (χ1v) is 5.59. The predicted molar refractivity (Wildman–Crippen MR) is 52.1 cm³/mol. The third-order valence-electron chi connectivity index (χ3n) is 3.67. The van der Waals surface area contributed by atoms with E-state index in [0.717, 1.165) is 17.9 Å². The van der Waals surface area contributed by atoms with Crippen LogP contribution < -0.4 is 5.32 Å². The molecule has 0 spiro atoms. The van der Waals surface area contributed by atoms with Gasteiger partial charge in [0.2, 0.25) is 0 Å². The molecule has 1 N–H and O–H groups in total. The summed E-state index contributed by atoms with van der Waals surface area (Å²) in [6.07, 6.45) is 8.77. The number of hydrogen-bond donors (Lipinski definition) is 1. The fourth-order valence-corrected chi connectivity index (χ4v) is 2.87. The summed E-state index contributed by atoms with van der Waals surface area (Å²) in [7, 11) is 0. The van der Waals surface area contributed by atoms with Crippen LogP contribution in [0.15, 0.2) is 0 Å². The Morgan fingerprint density at radius 1 is 1.08 bits per heavy atom. The molecular weight excluding hydrogens is 146 g/mol. The van der Waals surface area contributed by atoms with Gasteiger partial charge in [-0.25, -0.2) is 0 Å². The summed E-state index contributed by atoms with van der Waals surface area (Å²) in [4.78, 5) is 0. The highest BCUT2D eigenvalue weighted by molar-refractivity contribution is 4.84. The SMILES string of the molecule is CC1CCNC(C2CCCC2)C1. The second kappa shape index (κ2) is 3.78. The lowest BCUT2D eigenvalue weighted by Crippen LogP contribution is -2.41. The number of rotatable bonds is 1. The van der Waals surface area contributed by atoms with Crippen LogP contribution in [0.25, 0.3) is 0 Å². The quantitative estimate of drug-likeness (QED) is 0.633. The monoisotopic (exact) mass is 167 g/mol. The predicted octanol–water partition coefficient (Wildman–Crippen LogP) is 2.56. The lowest BCUT2D eigenvalue weighted by molar-refractivity contribution is 0.249. The molecule has 2 unspecified atom stereocenters. The molecular formula is C11H21N. The fourth-order valence-electron chi connectivity index (χ4n) is 2.87. The van der Waals surface area contributed by atoms with E-state index in [2.05, 4.69) is 12.2 Å². The molecule has 1 heteroatoms. The Hall–Kier alpha value is -0.0400. The topological polar surface area (TPSA) is 12.0 Å². The molecule has 0 aromatic carbocycles. The zero-order valence-electron chi connectivity index (χ0n) is 8.18. The van der Waals surface area contributed by atoms with Crippen molar-refractivity contribution in [2.45, 2.75) is 51.5 Å². The summed E-state index contributed by atoms with van der Waals surface area (Å²) < 4.78 is 0. The summed E-state index contributed by atoms with van der Waals surface area (Å²) in [5.74, 6) is 1.99. The summed E-state index contributed by atoms with van der Waals surface area (Å²) in [6.45, 7) is 3.67. The van der Waals surface area contributed by atoms with Gasteiger partial charge in [-0.1, -0.05) is 19.8 Å². The van der Waals surface area contributed by atoms with Crippen LogP contribution in [0.4, 0.5) is 0 Å². The zero-order chi connectivity index (χ0) is 8.39. The molecule has 2 rings (SSSR count). The highest BCUT2D eigenvalue weighted by atomic mass is 14.9. The molecule has 1 aliphatic carbocycles. The van der Waals surface area contributed by atoms with Gasteiger partial charge < -0.3 is 5.32 Å². The molecule has 0 aromatic rings. The summed E-state index contributed by atoms with van der Waals surface area (Å²) >= 11 is 0. The standard InChI is InChI=1S/C11H21N/c1-9-6-7-12-11(8-9)10-4-2-3-5-10/h9-12H,2-8H2,1H3. The molecule has 1 saturated heterocycles. The van der Waals surface area contributed by atoms with Gasteiger partial charge in [0, 0.05) is 6.04 Å². The van der Waals surface area contributed by atoms with Gasteiger partial charge in [0.15, 0.2) is 0 Å². The van der Waals surface area contributed by atoms with Crippen LogP contribution in [0.2, 0.25) is 0 Å². The lowest BCUT2D eigenvalue weighted by Gasteiger charge is -2.32. The lowest BCUT2D eigenvalue weighted by atomic mass is 9.86. The van der Waals surface area contributed by atoms with Crippen LogP contribution in [0, 0.1) is 11.8 Å². The first-order valence-electron chi connectivity index (χ1n) is 5.59. The molecule has 0 bridgehead atoms. The maximum absolute atomic E-state index is 3.69. The summed E-state index contributed by atoms with van der Waals surface area (Å²) in [5.41, 5.74) is 0. The van der Waals surface area contributed by atoms with Crippen molar-refractivity contribution in [1.82, 2.24) is 5.32 Å². The van der Waals surface area contributed by atoms with Gasteiger partial charge in [-0.15, -0.1) is 0 Å². The average molecular weight is 167 g/mol. The number of hydrogen-bond acceptors (Lipinski definition) is 1. The van der Waals surface area contributed by atoms with E-state index in [4.69, 9.17) is 0 Å². The Balaban J connectivity index is 1.85. The van der Waals surface area contributed by atoms with Crippen LogP contribution in [0.3, 0.4) is 0 Å². The van der Waals surface area contributed by atoms with Gasteiger partial charge in [-0.2, -0.15) is 0 Å². The van der Waals surface area contributed by atoms with Crippen molar-refractivity contribution in [2.75, 3.05) is 6.54 Å². The molecule has 2 aliphatic rings. The second-order valence-electron chi connectivity index (χ2n) is 4.73. The van der Waals surface area contributed by atoms with Crippen LogP contribution in [0.1, 0.15) is 45.4 Å². The molecule has 1 nitrogen and oxygen atoms in total. The molecule has 1 aliphatic heterocycles. The molecule has 2 fully saturated rings. The number of nitrogens with one attached hydrogen (secondary N) is 1. The third-order valence-corrected chi connectivity index (χ3v) is 3.67. The average Bonchev–Trinajstić information content (AvgIpc) is 2.56. The molecule has 1 heterocycles. The van der Waals surface area contributed by atoms with E-state index >= 15 is 0 Å². The maximum Gasteiger partial charge on any atom is 0.00978 e. The first kappa shape index (κ1) is 8.55. The summed E-state index contributed by atoms with van der Waals surface area (Å²) in [6, 6.07) is 0.872. The molecule has 0 radical (unpaired) electrons. The Morgan fingerprint density at radius 3 is 2.50 bits per heavy atom. The van der Waals surface area contributed by atoms with Crippen molar-refractivity contribution in [3.8, 4) is 0 Å². The molecule has 0 aromatic heterocycles. The Morgan fingerprint density at radius 2 is 1.83 bits per heavy atom. The van der Waals surface area contributed by atoms with Crippen molar-refractivity contribution in [1.29, 1.82) is 0 Å². The van der Waals surface area contributed by atoms with Crippen LogP contribution in [0.5, 0.6) is 0 Å². The van der Waals surface area contributed by atoms with Crippen LogP contribution in [-0.4, -0.2) is 12.6 Å². The minimum Gasteiger partial charge on any atom is -0.314 e. The van der Waals surface area contributed by atoms with E-state index < -0.39 is 0 Å². The molecule has 70 valence electrons. The minimum atomic E-state index is 0.872. The van der Waals surface area contributed by atoms with Crippen molar-refractivity contribution >= 4 is 0 Å². The smallest absolute Gasteiger partial charge is 0.00978 e.